The van der Waals surface area contributed by atoms with Gasteiger partial charge in [-0.15, -0.1) is 0 Å². The number of ether oxygens (including phenoxy) is 1. The van der Waals surface area contributed by atoms with Crippen molar-refractivity contribution < 1.29 is 54.9 Å². The highest BCUT2D eigenvalue weighted by Gasteiger charge is 2.38. The number of aliphatic carboxylic acids is 1. The van der Waals surface area contributed by atoms with Crippen LogP contribution < -0.4 is 9.62 Å². The molecule has 1 aliphatic rings. The van der Waals surface area contributed by atoms with E-state index in [4.69, 9.17) is 14.6 Å². The van der Waals surface area contributed by atoms with E-state index in [1.54, 1.807) is 0 Å². The van der Waals surface area contributed by atoms with Crippen molar-refractivity contribution in [2.75, 3.05) is 35.9 Å². The Morgan fingerprint density at radius 1 is 1.00 bits per heavy atom. The molecule has 0 aromatic heterocycles. The van der Waals surface area contributed by atoms with E-state index >= 15 is 0 Å². The minimum Gasteiger partial charge on any atom is -0.478 e. The van der Waals surface area contributed by atoms with Gasteiger partial charge in [0, 0.05) is 18.8 Å². The molecule has 0 spiro atoms. The number of halogens is 5. The van der Waals surface area contributed by atoms with Gasteiger partial charge in [0.2, 0.25) is 0 Å². The minimum atomic E-state index is -5.08. The molecule has 2 aromatic rings. The summed E-state index contributed by atoms with van der Waals surface area (Å²) < 4.78 is 90.8. The molecule has 0 radical (unpaired) electrons. The number of morpholine rings is 1. The fourth-order valence-electron chi connectivity index (χ4n) is 2.74. The molecule has 0 bridgehead atoms. The number of alkyl halides is 3. The Hall–Kier alpha value is -3.46. The summed E-state index contributed by atoms with van der Waals surface area (Å²) >= 11 is 0. The van der Waals surface area contributed by atoms with E-state index in [0.29, 0.717) is 44.1 Å². The Kier molecular flexibility index (Phi) is 8.39. The van der Waals surface area contributed by atoms with Gasteiger partial charge in [-0.1, -0.05) is 0 Å². The van der Waals surface area contributed by atoms with Crippen molar-refractivity contribution in [3.63, 3.8) is 0 Å². The van der Waals surface area contributed by atoms with Crippen molar-refractivity contribution in [2.24, 2.45) is 0 Å². The Morgan fingerprint density at radius 3 is 2.12 bits per heavy atom. The van der Waals surface area contributed by atoms with Gasteiger partial charge in [0.15, 0.2) is 0 Å². The number of nitrogens with one attached hydrogen (secondary N) is 1. The van der Waals surface area contributed by atoms with Crippen molar-refractivity contribution in [1.29, 1.82) is 0 Å². The number of aromatic carboxylic acids is 1. The van der Waals surface area contributed by atoms with Crippen LogP contribution in [0.4, 0.5) is 33.3 Å². The van der Waals surface area contributed by atoms with Gasteiger partial charge in [0.1, 0.15) is 16.5 Å². The second-order valence-electron chi connectivity index (χ2n) is 6.62. The largest absolute Gasteiger partial charge is 0.490 e. The third-order valence-corrected chi connectivity index (χ3v) is 5.65. The highest BCUT2D eigenvalue weighted by molar-refractivity contribution is 7.92. The summed E-state index contributed by atoms with van der Waals surface area (Å²) in [7, 11) is -4.44. The standard InChI is InChI=1S/C17H16F2N2O5S.C2HF3O2/c18-11-1-3-14(19)16(9-11)27(24,25)20-12-2-4-15(13(10-12)17(22)23)21-5-7-26-8-6-21;3-2(4,5)1(6)7/h1-4,9-10,20H,5-8H2,(H,22,23);(H,6,7). The van der Waals surface area contributed by atoms with Crippen molar-refractivity contribution in [2.45, 2.75) is 11.1 Å². The summed E-state index contributed by atoms with van der Waals surface area (Å²) in [5, 5.41) is 16.6. The lowest BCUT2D eigenvalue weighted by Gasteiger charge is -2.30. The van der Waals surface area contributed by atoms with Crippen LogP contribution in [0.15, 0.2) is 41.3 Å². The van der Waals surface area contributed by atoms with Gasteiger partial charge < -0.3 is 19.8 Å². The molecule has 9 nitrogen and oxygen atoms in total. The molecule has 0 atom stereocenters. The van der Waals surface area contributed by atoms with Crippen LogP contribution in [0.3, 0.4) is 0 Å². The number of hydrogen-bond acceptors (Lipinski definition) is 6. The molecule has 3 N–H and O–H groups in total. The average molecular weight is 512 g/mol. The van der Waals surface area contributed by atoms with E-state index in [2.05, 4.69) is 4.72 Å². The number of carboxylic acid groups (broad SMARTS) is 2. The van der Waals surface area contributed by atoms with Gasteiger partial charge in [0.05, 0.1) is 24.5 Å². The molecule has 1 saturated heterocycles. The van der Waals surface area contributed by atoms with Gasteiger partial charge in [0.25, 0.3) is 10.0 Å². The number of nitrogens with zero attached hydrogens (tertiary/aromatic N) is 1. The van der Waals surface area contributed by atoms with Crippen LogP contribution >= 0.6 is 0 Å². The molecule has 1 fully saturated rings. The van der Waals surface area contributed by atoms with E-state index in [1.807, 2.05) is 4.90 Å². The molecule has 0 unspecified atom stereocenters. The first kappa shape index (κ1) is 26.8. The molecule has 3 rings (SSSR count). The monoisotopic (exact) mass is 512 g/mol. The van der Waals surface area contributed by atoms with Crippen LogP contribution in [0.5, 0.6) is 0 Å². The smallest absolute Gasteiger partial charge is 0.478 e. The minimum absolute atomic E-state index is 0.0759. The first-order valence-electron chi connectivity index (χ1n) is 9.20. The molecule has 1 aliphatic heterocycles. The van der Waals surface area contributed by atoms with E-state index in [-0.39, 0.29) is 11.3 Å². The highest BCUT2D eigenvalue weighted by atomic mass is 32.2. The molecule has 34 heavy (non-hydrogen) atoms. The van der Waals surface area contributed by atoms with Crippen LogP contribution in [0.25, 0.3) is 0 Å². The summed E-state index contributed by atoms with van der Waals surface area (Å²) in [4.78, 5) is 21.5. The van der Waals surface area contributed by atoms with Gasteiger partial charge in [-0.2, -0.15) is 13.2 Å². The third-order valence-electron chi connectivity index (χ3n) is 4.26. The molecular formula is C19H17F5N2O7S. The number of carboxylic acids is 2. The second kappa shape index (κ2) is 10.6. The zero-order valence-electron chi connectivity index (χ0n) is 17.0. The SMILES string of the molecule is O=C(O)C(F)(F)F.O=C(O)c1cc(NS(=O)(=O)c2cc(F)ccc2F)ccc1N1CCOCC1. The Morgan fingerprint density at radius 2 is 1.59 bits per heavy atom. The number of sulfonamides is 1. The number of rotatable bonds is 5. The molecule has 1 heterocycles. The summed E-state index contributed by atoms with van der Waals surface area (Å²) in [5.74, 6) is -6.03. The molecule has 0 amide bonds. The first-order valence-corrected chi connectivity index (χ1v) is 10.7. The predicted octanol–water partition coefficient (Wildman–Crippen LogP) is 2.93. The molecule has 2 aromatic carbocycles. The summed E-state index contributed by atoms with van der Waals surface area (Å²) in [6, 6.07) is 6.03. The number of carbonyl (C=O) groups is 2. The number of benzene rings is 2. The normalized spacial score (nSPS) is 14.1. The summed E-state index contributed by atoms with van der Waals surface area (Å²) in [5.41, 5.74) is 0.232. The maximum Gasteiger partial charge on any atom is 0.490 e. The van der Waals surface area contributed by atoms with E-state index in [9.17, 15) is 40.3 Å². The van der Waals surface area contributed by atoms with Crippen molar-refractivity contribution in [1.82, 2.24) is 0 Å². The maximum atomic E-state index is 13.8. The zero-order valence-corrected chi connectivity index (χ0v) is 17.8. The summed E-state index contributed by atoms with van der Waals surface area (Å²) in [6.45, 7) is 1.90. The molecule has 15 heteroatoms. The number of anilines is 2. The Labute approximate surface area is 189 Å². The van der Waals surface area contributed by atoms with Gasteiger partial charge in [-0.25, -0.2) is 26.8 Å². The van der Waals surface area contributed by atoms with Crippen LogP contribution in [0, 0.1) is 11.6 Å². The lowest BCUT2D eigenvalue weighted by molar-refractivity contribution is -0.192. The quantitative estimate of drug-likeness (QED) is 0.521. The predicted molar refractivity (Wildman–Crippen MR) is 107 cm³/mol. The topological polar surface area (TPSA) is 133 Å². The Bertz CT molecular complexity index is 1170. The van der Waals surface area contributed by atoms with Crippen LogP contribution in [0.2, 0.25) is 0 Å². The van der Waals surface area contributed by atoms with Crippen molar-refractivity contribution in [3.05, 3.63) is 53.6 Å². The van der Waals surface area contributed by atoms with Gasteiger partial charge >= 0.3 is 18.1 Å². The molecule has 0 saturated carbocycles. The maximum absolute atomic E-state index is 13.8. The highest BCUT2D eigenvalue weighted by Crippen LogP contribution is 2.27. The van der Waals surface area contributed by atoms with Crippen LogP contribution in [-0.2, 0) is 19.6 Å². The van der Waals surface area contributed by atoms with Crippen LogP contribution in [-0.4, -0.2) is 63.0 Å². The van der Waals surface area contributed by atoms with E-state index in [1.165, 1.54) is 12.1 Å². The lowest BCUT2D eigenvalue weighted by atomic mass is 10.1. The van der Waals surface area contributed by atoms with Gasteiger partial charge in [-0.3, -0.25) is 4.72 Å². The molecule has 186 valence electrons. The third kappa shape index (κ3) is 7.02. The average Bonchev–Trinajstić information content (AvgIpc) is 2.75. The number of hydrogen-bond donors (Lipinski definition) is 3. The first-order chi connectivity index (χ1) is 15.7. The Balaban J connectivity index is 0.000000509. The van der Waals surface area contributed by atoms with E-state index in [0.717, 1.165) is 12.1 Å². The van der Waals surface area contributed by atoms with Gasteiger partial charge in [-0.05, 0) is 36.4 Å². The fourth-order valence-corrected chi connectivity index (χ4v) is 3.88. The van der Waals surface area contributed by atoms with Crippen molar-refractivity contribution >= 4 is 33.3 Å². The molecule has 0 aliphatic carbocycles. The lowest BCUT2D eigenvalue weighted by Crippen LogP contribution is -2.37. The zero-order chi connectivity index (χ0) is 25.7. The van der Waals surface area contributed by atoms with E-state index < -0.39 is 44.7 Å². The second-order valence-corrected chi connectivity index (χ2v) is 8.27. The fraction of sp³-hybridized carbons (Fsp3) is 0.263. The summed E-state index contributed by atoms with van der Waals surface area (Å²) in [6.07, 6.45) is -5.08. The molecular weight excluding hydrogens is 495 g/mol. The van der Waals surface area contributed by atoms with Crippen LogP contribution in [0.1, 0.15) is 10.4 Å². The van der Waals surface area contributed by atoms with Crippen molar-refractivity contribution in [3.8, 4) is 0 Å².